The molecule has 7 heteroatoms. The van der Waals surface area contributed by atoms with Crippen LogP contribution < -0.4 is 4.90 Å². The molecule has 0 amide bonds. The largest absolute Gasteiger partial charge is 0.310 e. The second kappa shape index (κ2) is 23.2. The average Bonchev–Trinajstić information content (AvgIpc) is 1.58. The Morgan fingerprint density at radius 3 is 1.20 bits per heavy atom. The number of aromatic nitrogens is 5. The highest BCUT2D eigenvalue weighted by atomic mass is 15.1. The molecule has 7 nitrogen and oxygen atoms in total. The van der Waals surface area contributed by atoms with Crippen molar-refractivity contribution in [2.45, 2.75) is 112 Å². The maximum absolute atomic E-state index is 8.14. The molecule has 3 heterocycles. The molecule has 0 saturated heterocycles. The van der Waals surface area contributed by atoms with Crippen LogP contribution in [0.1, 0.15) is 111 Å². The van der Waals surface area contributed by atoms with E-state index in [1.165, 1.54) is 38.6 Å². The number of aryl methyl sites for hydroxylation is 1. The van der Waals surface area contributed by atoms with E-state index in [0.29, 0.717) is 23.2 Å². The topological polar surface area (TPSA) is 56.1 Å². The fourth-order valence-electron chi connectivity index (χ4n) is 13.3. The highest BCUT2D eigenvalue weighted by Crippen LogP contribution is 2.47. The Morgan fingerprint density at radius 2 is 0.723 bits per heavy atom. The molecule has 0 aliphatic rings. The summed E-state index contributed by atoms with van der Waals surface area (Å²) in [6.07, 6.45) is 0. The van der Waals surface area contributed by atoms with Gasteiger partial charge in [0.1, 0.15) is 0 Å². The summed E-state index contributed by atoms with van der Waals surface area (Å²) in [6.45, 7) is 37.7. The van der Waals surface area contributed by atoms with Gasteiger partial charge >= 0.3 is 0 Å². The standard InChI is InChI=1S/C87H79N7/c1-55-36-40-77-71(44-55)69-32-21-23-34-75(69)93(77)78-41-37-57(56-26-25-27-65(49-56)88-14)50-72(78)73-51-58(38-42-79(73)94-76-35-24-22-33-70(76)74-54-68(39-43-80(74)94)92(66-28-17-15-18-29-66)67-30-19-16-20-31-67)81-89-82(59-45-61(84(2,3)4)52-62(46-59)85(5,6)7)91-83(90-81)60-47-63(86(8,9)10)53-64(48-60)87(11,12)13/h15-54H,1-13H3. The molecule has 462 valence electrons. The number of fused-ring (bicyclic) bond motifs is 6. The number of nitrogens with zero attached hydrogens (tertiary/aromatic N) is 7. The van der Waals surface area contributed by atoms with Crippen LogP contribution in [0.15, 0.2) is 243 Å². The lowest BCUT2D eigenvalue weighted by Gasteiger charge is -2.26. The Kier molecular flexibility index (Phi) is 15.0. The van der Waals surface area contributed by atoms with Crippen molar-refractivity contribution in [2.75, 3.05) is 4.90 Å². The van der Waals surface area contributed by atoms with Gasteiger partial charge in [-0.1, -0.05) is 204 Å². The molecule has 94 heavy (non-hydrogen) atoms. The summed E-state index contributed by atoms with van der Waals surface area (Å²) in [6, 6.07) is 88.0. The van der Waals surface area contributed by atoms with Gasteiger partial charge in [-0.25, -0.2) is 19.8 Å². The lowest BCUT2D eigenvalue weighted by atomic mass is 9.79. The van der Waals surface area contributed by atoms with Crippen molar-refractivity contribution in [3.05, 3.63) is 282 Å². The van der Waals surface area contributed by atoms with Crippen LogP contribution in [0.5, 0.6) is 0 Å². The Labute approximate surface area is 553 Å². The van der Waals surface area contributed by atoms with Gasteiger partial charge in [-0.15, -0.1) is 0 Å². The van der Waals surface area contributed by atoms with Gasteiger partial charge in [0.15, 0.2) is 23.2 Å². The molecule has 0 saturated carbocycles. The predicted octanol–water partition coefficient (Wildman–Crippen LogP) is 23.9. The van der Waals surface area contributed by atoms with E-state index in [9.17, 15) is 0 Å². The van der Waals surface area contributed by atoms with Crippen LogP contribution in [0.2, 0.25) is 0 Å². The van der Waals surface area contributed by atoms with Crippen LogP contribution in [-0.4, -0.2) is 24.1 Å². The van der Waals surface area contributed by atoms with E-state index in [2.05, 4.69) is 333 Å². The maximum atomic E-state index is 8.14. The molecule has 14 aromatic rings. The molecule has 0 bridgehead atoms. The maximum Gasteiger partial charge on any atom is 0.187 e. The number of anilines is 3. The minimum Gasteiger partial charge on any atom is -0.310 e. The van der Waals surface area contributed by atoms with Gasteiger partial charge in [-0.05, 0) is 189 Å². The van der Waals surface area contributed by atoms with E-state index in [1.54, 1.807) is 0 Å². The molecular formula is C87H79N7. The number of para-hydroxylation sites is 4. The Morgan fingerprint density at radius 1 is 0.319 bits per heavy atom. The zero-order chi connectivity index (χ0) is 65.6. The van der Waals surface area contributed by atoms with Crippen LogP contribution in [-0.2, 0) is 21.7 Å². The summed E-state index contributed by atoms with van der Waals surface area (Å²) in [5.74, 6) is 1.79. The van der Waals surface area contributed by atoms with Crippen LogP contribution in [0.3, 0.4) is 0 Å². The summed E-state index contributed by atoms with van der Waals surface area (Å²) in [4.78, 5) is 23.2. The smallest absolute Gasteiger partial charge is 0.187 e. The van der Waals surface area contributed by atoms with Crippen molar-refractivity contribution >= 4 is 66.4 Å². The van der Waals surface area contributed by atoms with E-state index in [4.69, 9.17) is 21.5 Å². The van der Waals surface area contributed by atoms with Gasteiger partial charge in [-0.3, -0.25) is 0 Å². The minimum atomic E-state index is -0.154. The number of rotatable bonds is 10. The Balaban J connectivity index is 1.11. The van der Waals surface area contributed by atoms with Crippen LogP contribution >= 0.6 is 0 Å². The summed E-state index contributed by atoms with van der Waals surface area (Å²) in [7, 11) is 0. The van der Waals surface area contributed by atoms with Gasteiger partial charge in [0, 0.05) is 66.4 Å². The first-order valence-corrected chi connectivity index (χ1v) is 32.8. The van der Waals surface area contributed by atoms with Gasteiger partial charge in [-0.2, -0.15) is 0 Å². The number of hydrogen-bond acceptors (Lipinski definition) is 4. The molecule has 3 aromatic heterocycles. The van der Waals surface area contributed by atoms with E-state index in [-0.39, 0.29) is 21.7 Å². The van der Waals surface area contributed by atoms with Crippen molar-refractivity contribution in [2.24, 2.45) is 0 Å². The minimum absolute atomic E-state index is 0.154. The van der Waals surface area contributed by atoms with Crippen LogP contribution in [0.25, 0.3) is 116 Å². The molecule has 0 fully saturated rings. The van der Waals surface area contributed by atoms with E-state index < -0.39 is 0 Å². The second-order valence-electron chi connectivity index (χ2n) is 29.5. The van der Waals surface area contributed by atoms with Gasteiger partial charge < -0.3 is 14.0 Å². The third-order valence-corrected chi connectivity index (χ3v) is 18.6. The lowest BCUT2D eigenvalue weighted by molar-refractivity contribution is 0.568. The number of benzene rings is 11. The molecule has 0 N–H and O–H groups in total. The first-order valence-electron chi connectivity index (χ1n) is 32.8. The molecule has 0 aliphatic carbocycles. The van der Waals surface area contributed by atoms with Crippen molar-refractivity contribution < 1.29 is 0 Å². The molecular weight excluding hydrogens is 1140 g/mol. The third-order valence-electron chi connectivity index (χ3n) is 18.6. The van der Waals surface area contributed by atoms with Gasteiger partial charge in [0.2, 0.25) is 0 Å². The molecule has 11 aromatic carbocycles. The fourth-order valence-corrected chi connectivity index (χ4v) is 13.3. The highest BCUT2D eigenvalue weighted by molar-refractivity contribution is 6.13. The first-order chi connectivity index (χ1) is 45.0. The summed E-state index contributed by atoms with van der Waals surface area (Å²) in [5, 5.41) is 4.61. The number of hydrogen-bond donors (Lipinski definition) is 0. The SMILES string of the molecule is [C-]#[N+]c1cccc(-c2ccc(-n3c4ccccc4c4cc(C)ccc43)c(-c3cc(-c4nc(-c5cc(C(C)(C)C)cc(C(C)(C)C)c5)nc(-c5cc(C(C)(C)C)cc(C(C)(C)C)c5)n4)ccc3-n3c4ccccc4c4cc(N(c5ccccc5)c5ccccc5)ccc43)c2)c1. The second-order valence-corrected chi connectivity index (χ2v) is 29.5. The first kappa shape index (κ1) is 60.9. The summed E-state index contributed by atoms with van der Waals surface area (Å²) < 4.78 is 4.90. The normalized spacial score (nSPS) is 12.3. The van der Waals surface area contributed by atoms with E-state index >= 15 is 0 Å². The summed E-state index contributed by atoms with van der Waals surface area (Å²) >= 11 is 0. The lowest BCUT2D eigenvalue weighted by Crippen LogP contribution is -2.17. The molecule has 0 spiro atoms. The predicted molar refractivity (Wildman–Crippen MR) is 396 cm³/mol. The molecule has 0 aliphatic heterocycles. The average molecular weight is 1220 g/mol. The van der Waals surface area contributed by atoms with Crippen molar-refractivity contribution in [1.82, 2.24) is 24.1 Å². The molecule has 14 rings (SSSR count). The summed E-state index contributed by atoms with van der Waals surface area (Å²) in [5.41, 5.74) is 22.1. The Bertz CT molecular complexity index is 5120. The van der Waals surface area contributed by atoms with Gasteiger partial charge in [0.25, 0.3) is 0 Å². The van der Waals surface area contributed by atoms with Crippen molar-refractivity contribution in [3.63, 3.8) is 0 Å². The third kappa shape index (κ3) is 11.3. The van der Waals surface area contributed by atoms with Crippen LogP contribution in [0, 0.1) is 13.5 Å². The monoisotopic (exact) mass is 1220 g/mol. The zero-order valence-electron chi connectivity index (χ0n) is 56.2. The molecule has 0 radical (unpaired) electrons. The van der Waals surface area contributed by atoms with Gasteiger partial charge in [0.05, 0.1) is 40.0 Å². The molecule has 0 unspecified atom stereocenters. The Hall–Kier alpha value is -10.7. The molecule has 0 atom stereocenters. The zero-order valence-corrected chi connectivity index (χ0v) is 56.2. The van der Waals surface area contributed by atoms with E-state index in [0.717, 1.165) is 100 Å². The van der Waals surface area contributed by atoms with Crippen LogP contribution in [0.4, 0.5) is 22.7 Å². The van der Waals surface area contributed by atoms with Crippen molar-refractivity contribution in [3.8, 4) is 67.8 Å². The quantitative estimate of drug-likeness (QED) is 0.128. The fraction of sp³-hybridized carbons (Fsp3) is 0.195. The highest BCUT2D eigenvalue weighted by Gasteiger charge is 2.28. The van der Waals surface area contributed by atoms with E-state index in [1.807, 2.05) is 18.2 Å². The van der Waals surface area contributed by atoms with Crippen molar-refractivity contribution in [1.29, 1.82) is 0 Å².